The van der Waals surface area contributed by atoms with E-state index in [9.17, 15) is 4.39 Å². The van der Waals surface area contributed by atoms with Gasteiger partial charge in [-0.15, -0.1) is 0 Å². The molecule has 3 rings (SSSR count). The molecule has 1 aliphatic heterocycles. The fourth-order valence-corrected chi connectivity index (χ4v) is 2.62. The second-order valence-corrected chi connectivity index (χ2v) is 5.34. The molecule has 106 valence electrons. The zero-order valence-electron chi connectivity index (χ0n) is 11.7. The number of benzene rings is 1. The van der Waals surface area contributed by atoms with Crippen LogP contribution in [0, 0.1) is 11.7 Å². The molecular formula is C16H19FN2O. The van der Waals surface area contributed by atoms with Gasteiger partial charge in [0.05, 0.1) is 12.8 Å². The lowest BCUT2D eigenvalue weighted by Crippen LogP contribution is -2.10. The van der Waals surface area contributed by atoms with Gasteiger partial charge in [-0.25, -0.2) is 4.39 Å². The number of halogens is 1. The molecule has 3 nitrogen and oxygen atoms in total. The summed E-state index contributed by atoms with van der Waals surface area (Å²) in [6.45, 7) is 4.49. The molecule has 2 aromatic rings. The van der Waals surface area contributed by atoms with E-state index in [-0.39, 0.29) is 5.82 Å². The fraction of sp³-hybridized carbons (Fsp3) is 0.438. The number of ether oxygens (including phenoxy) is 1. The molecule has 2 heterocycles. The molecule has 1 aliphatic rings. The van der Waals surface area contributed by atoms with Crippen LogP contribution in [0.4, 0.5) is 4.39 Å². The third-order valence-electron chi connectivity index (χ3n) is 3.87. The fourth-order valence-electron chi connectivity index (χ4n) is 2.62. The van der Waals surface area contributed by atoms with Crippen LogP contribution in [-0.2, 0) is 17.7 Å². The third kappa shape index (κ3) is 2.75. The van der Waals surface area contributed by atoms with Gasteiger partial charge < -0.3 is 4.74 Å². The molecule has 0 amide bonds. The molecule has 4 heteroatoms. The van der Waals surface area contributed by atoms with Gasteiger partial charge in [0.25, 0.3) is 0 Å². The van der Waals surface area contributed by atoms with Gasteiger partial charge in [0.15, 0.2) is 0 Å². The molecule has 20 heavy (non-hydrogen) atoms. The van der Waals surface area contributed by atoms with Gasteiger partial charge in [0.2, 0.25) is 0 Å². The van der Waals surface area contributed by atoms with E-state index in [4.69, 9.17) is 4.74 Å². The Balaban J connectivity index is 1.77. The Morgan fingerprint density at radius 2 is 2.30 bits per heavy atom. The predicted octanol–water partition coefficient (Wildman–Crippen LogP) is 3.29. The van der Waals surface area contributed by atoms with E-state index >= 15 is 0 Å². The molecule has 0 N–H and O–H groups in total. The molecule has 1 atom stereocenters. The SMILES string of the molecule is CCc1ccc(-c2cnn(CC3CCOC3)c2)cc1F. The van der Waals surface area contributed by atoms with Crippen molar-refractivity contribution in [3.05, 3.63) is 42.0 Å². The highest BCUT2D eigenvalue weighted by Crippen LogP contribution is 2.23. The molecule has 0 spiro atoms. The summed E-state index contributed by atoms with van der Waals surface area (Å²) in [5.74, 6) is 0.406. The minimum Gasteiger partial charge on any atom is -0.381 e. The molecule has 1 saturated heterocycles. The lowest BCUT2D eigenvalue weighted by atomic mass is 10.1. The maximum atomic E-state index is 13.8. The zero-order chi connectivity index (χ0) is 13.9. The van der Waals surface area contributed by atoms with Crippen molar-refractivity contribution < 1.29 is 9.13 Å². The molecule has 0 aliphatic carbocycles. The van der Waals surface area contributed by atoms with Gasteiger partial charge in [0, 0.05) is 30.8 Å². The van der Waals surface area contributed by atoms with Gasteiger partial charge in [-0.2, -0.15) is 5.10 Å². The van der Waals surface area contributed by atoms with E-state index in [0.717, 1.165) is 42.9 Å². The first-order valence-electron chi connectivity index (χ1n) is 7.15. The molecular weight excluding hydrogens is 255 g/mol. The molecule has 0 saturated carbocycles. The van der Waals surface area contributed by atoms with Crippen LogP contribution in [0.3, 0.4) is 0 Å². The van der Waals surface area contributed by atoms with Crippen LogP contribution in [0.25, 0.3) is 11.1 Å². The number of rotatable bonds is 4. The number of aromatic nitrogens is 2. The van der Waals surface area contributed by atoms with E-state index in [1.165, 1.54) is 0 Å². The Hall–Kier alpha value is -1.68. The first kappa shape index (κ1) is 13.3. The van der Waals surface area contributed by atoms with E-state index in [0.29, 0.717) is 12.3 Å². The number of nitrogens with zero attached hydrogens (tertiary/aromatic N) is 2. The second kappa shape index (κ2) is 5.75. The van der Waals surface area contributed by atoms with Crippen molar-refractivity contribution >= 4 is 0 Å². The van der Waals surface area contributed by atoms with Crippen LogP contribution in [0.1, 0.15) is 18.9 Å². The van der Waals surface area contributed by atoms with Crippen LogP contribution in [0.15, 0.2) is 30.6 Å². The maximum absolute atomic E-state index is 13.8. The molecule has 0 radical (unpaired) electrons. The van der Waals surface area contributed by atoms with Crippen LogP contribution in [0.2, 0.25) is 0 Å². The monoisotopic (exact) mass is 274 g/mol. The largest absolute Gasteiger partial charge is 0.381 e. The number of hydrogen-bond donors (Lipinski definition) is 0. The van der Waals surface area contributed by atoms with Gasteiger partial charge in [-0.3, -0.25) is 4.68 Å². The summed E-state index contributed by atoms with van der Waals surface area (Å²) in [4.78, 5) is 0. The maximum Gasteiger partial charge on any atom is 0.127 e. The van der Waals surface area contributed by atoms with Crippen molar-refractivity contribution in [3.8, 4) is 11.1 Å². The predicted molar refractivity (Wildman–Crippen MR) is 75.9 cm³/mol. The van der Waals surface area contributed by atoms with E-state index in [1.54, 1.807) is 12.3 Å². The Labute approximate surface area is 118 Å². The van der Waals surface area contributed by atoms with Crippen LogP contribution in [0.5, 0.6) is 0 Å². The molecule has 1 fully saturated rings. The topological polar surface area (TPSA) is 27.1 Å². The van der Waals surface area contributed by atoms with Gasteiger partial charge >= 0.3 is 0 Å². The normalized spacial score (nSPS) is 18.6. The molecule has 1 aromatic heterocycles. The number of hydrogen-bond acceptors (Lipinski definition) is 2. The second-order valence-electron chi connectivity index (χ2n) is 5.34. The minimum atomic E-state index is -0.137. The lowest BCUT2D eigenvalue weighted by molar-refractivity contribution is 0.181. The number of aryl methyl sites for hydroxylation is 1. The summed E-state index contributed by atoms with van der Waals surface area (Å²) in [5, 5.41) is 4.37. The summed E-state index contributed by atoms with van der Waals surface area (Å²) in [5.41, 5.74) is 2.60. The van der Waals surface area contributed by atoms with Crippen molar-refractivity contribution in [2.75, 3.05) is 13.2 Å². The van der Waals surface area contributed by atoms with Crippen LogP contribution >= 0.6 is 0 Å². The van der Waals surface area contributed by atoms with E-state index in [1.807, 2.05) is 29.9 Å². The van der Waals surface area contributed by atoms with Crippen molar-refractivity contribution in [1.82, 2.24) is 9.78 Å². The quantitative estimate of drug-likeness (QED) is 0.855. The van der Waals surface area contributed by atoms with E-state index in [2.05, 4.69) is 5.10 Å². The average molecular weight is 274 g/mol. The Bertz CT molecular complexity index is 588. The third-order valence-corrected chi connectivity index (χ3v) is 3.87. The van der Waals surface area contributed by atoms with Gasteiger partial charge in [0.1, 0.15) is 5.82 Å². The highest BCUT2D eigenvalue weighted by atomic mass is 19.1. The summed E-state index contributed by atoms with van der Waals surface area (Å²) >= 11 is 0. The Morgan fingerprint density at radius 3 is 3.00 bits per heavy atom. The van der Waals surface area contributed by atoms with E-state index < -0.39 is 0 Å². The van der Waals surface area contributed by atoms with Crippen molar-refractivity contribution in [2.45, 2.75) is 26.3 Å². The summed E-state index contributed by atoms with van der Waals surface area (Å²) < 4.78 is 21.1. The minimum absolute atomic E-state index is 0.137. The smallest absolute Gasteiger partial charge is 0.127 e. The average Bonchev–Trinajstić information content (AvgIpc) is 3.11. The standard InChI is InChI=1S/C16H19FN2O/c1-2-13-3-4-14(7-16(13)17)15-8-18-19(10-15)9-12-5-6-20-11-12/h3-4,7-8,10,12H,2,5-6,9,11H2,1H3. The summed E-state index contributed by atoms with van der Waals surface area (Å²) in [6.07, 6.45) is 5.59. The van der Waals surface area contributed by atoms with Gasteiger partial charge in [-0.05, 0) is 30.0 Å². The molecule has 1 aromatic carbocycles. The van der Waals surface area contributed by atoms with Crippen LogP contribution < -0.4 is 0 Å². The van der Waals surface area contributed by atoms with Crippen molar-refractivity contribution in [3.63, 3.8) is 0 Å². The Morgan fingerprint density at radius 1 is 1.40 bits per heavy atom. The van der Waals surface area contributed by atoms with Crippen LogP contribution in [-0.4, -0.2) is 23.0 Å². The van der Waals surface area contributed by atoms with Crippen molar-refractivity contribution in [1.29, 1.82) is 0 Å². The highest BCUT2D eigenvalue weighted by molar-refractivity contribution is 5.62. The first-order chi connectivity index (χ1) is 9.76. The molecule has 1 unspecified atom stereocenters. The lowest BCUT2D eigenvalue weighted by Gasteiger charge is -2.06. The first-order valence-corrected chi connectivity index (χ1v) is 7.15. The highest BCUT2D eigenvalue weighted by Gasteiger charge is 2.16. The molecule has 0 bridgehead atoms. The summed E-state index contributed by atoms with van der Waals surface area (Å²) in [6, 6.07) is 5.41. The Kier molecular flexibility index (Phi) is 3.83. The zero-order valence-corrected chi connectivity index (χ0v) is 11.7. The van der Waals surface area contributed by atoms with Gasteiger partial charge in [-0.1, -0.05) is 19.1 Å². The van der Waals surface area contributed by atoms with Crippen molar-refractivity contribution in [2.24, 2.45) is 5.92 Å². The summed E-state index contributed by atoms with van der Waals surface area (Å²) in [7, 11) is 0.